The number of hydrogen-bond acceptors (Lipinski definition) is 16. The number of anilines is 6. The van der Waals surface area contributed by atoms with Gasteiger partial charge in [-0.2, -0.15) is 17.4 Å². The summed E-state index contributed by atoms with van der Waals surface area (Å²) in [5.41, 5.74) is 29.4. The summed E-state index contributed by atoms with van der Waals surface area (Å²) in [6.45, 7) is 19.4. The van der Waals surface area contributed by atoms with Crippen LogP contribution >= 0.6 is 11.3 Å². The van der Waals surface area contributed by atoms with Crippen molar-refractivity contribution >= 4 is 169 Å². The van der Waals surface area contributed by atoms with Crippen LogP contribution in [-0.2, 0) is 79.4 Å². The zero-order valence-electron chi connectivity index (χ0n) is 78.7. The van der Waals surface area contributed by atoms with Crippen LogP contribution in [0.3, 0.4) is 0 Å². The Balaban J connectivity index is 0.000000119. The Morgan fingerprint density at radius 1 is 0.329 bits per heavy atom. The first kappa shape index (κ1) is 92.0. The quantitative estimate of drug-likeness (QED) is 0.0991. The van der Waals surface area contributed by atoms with Crippen LogP contribution < -0.4 is 82.6 Å². The first-order valence-electron chi connectivity index (χ1n) is 47.0. The van der Waals surface area contributed by atoms with Crippen LogP contribution in [-0.4, -0.2) is 54.6 Å². The van der Waals surface area contributed by atoms with E-state index in [1.807, 2.05) is 146 Å². The summed E-state index contributed by atoms with van der Waals surface area (Å²) in [4.78, 5) is 33.2. The smallest absolute Gasteiger partial charge is 0.518 e. The van der Waals surface area contributed by atoms with Gasteiger partial charge in [0.2, 0.25) is 26.0 Å². The van der Waals surface area contributed by atoms with Gasteiger partial charge >= 0.3 is 63.2 Å². The maximum atomic E-state index is 6.82. The summed E-state index contributed by atoms with van der Waals surface area (Å²) >= 11 is 1.72. The van der Waals surface area contributed by atoms with E-state index in [9.17, 15) is 0 Å². The predicted octanol–water partition coefficient (Wildman–Crippen LogP) is 23.9. The molecule has 7 aromatic heterocycles. The average molecular weight is 2410 g/mol. The molecule has 16 nitrogen and oxygen atoms in total. The molecular formula is C120H82B3N9O7Pt3S. The number of benzene rings is 15. The summed E-state index contributed by atoms with van der Waals surface area (Å²) in [6.07, 6.45) is 5.37. The zero-order chi connectivity index (χ0) is 94.1. The molecule has 0 N–H and O–H groups in total. The van der Waals surface area contributed by atoms with Gasteiger partial charge in [-0.3, -0.25) is 15.0 Å². The molecule has 0 amide bonds. The molecular weight excluding hydrogens is 2330 g/mol. The van der Waals surface area contributed by atoms with Crippen LogP contribution in [0, 0.1) is 36.4 Å². The minimum Gasteiger partial charge on any atom is -0.518 e. The van der Waals surface area contributed by atoms with Crippen molar-refractivity contribution in [2.75, 3.05) is 9.80 Å². The largest absolute Gasteiger partial charge is 2.00 e. The number of thiazole rings is 1. The fourth-order valence-electron chi connectivity index (χ4n) is 20.2. The van der Waals surface area contributed by atoms with E-state index in [1.165, 1.54) is 27.1 Å². The summed E-state index contributed by atoms with van der Waals surface area (Å²) in [5, 5.41) is 3.14. The van der Waals surface area contributed by atoms with Gasteiger partial charge in [0.05, 0.1) is 16.6 Å². The minimum atomic E-state index is -0.252. The molecule has 0 aliphatic carbocycles. The topological polar surface area (TPSA) is 161 Å². The molecule has 0 unspecified atom stereocenters. The van der Waals surface area contributed by atoms with Gasteiger partial charge in [-0.25, -0.2) is 9.97 Å². The molecule has 0 atom stereocenters. The molecule has 0 spiro atoms. The molecule has 694 valence electrons. The maximum Gasteiger partial charge on any atom is 2.00 e. The monoisotopic (exact) mass is 2410 g/mol. The van der Waals surface area contributed by atoms with E-state index in [1.54, 1.807) is 17.5 Å². The Labute approximate surface area is 875 Å². The van der Waals surface area contributed by atoms with Gasteiger partial charge in [-0.05, 0) is 188 Å². The number of ether oxygens (including phenoxy) is 5. The van der Waals surface area contributed by atoms with Gasteiger partial charge in [0.15, 0.2) is 0 Å². The van der Waals surface area contributed by atoms with Crippen molar-refractivity contribution in [1.29, 1.82) is 0 Å². The molecule has 0 bridgehead atoms. The molecule has 0 saturated carbocycles. The number of oxazole rings is 2. The molecule has 6 aliphatic rings. The number of para-hydroxylation sites is 8. The van der Waals surface area contributed by atoms with Gasteiger partial charge in [0.1, 0.15) is 51.8 Å². The van der Waals surface area contributed by atoms with Crippen molar-refractivity contribution in [3.63, 3.8) is 0 Å². The molecule has 0 radical (unpaired) electrons. The summed E-state index contributed by atoms with van der Waals surface area (Å²) < 4.78 is 48.2. The molecule has 0 saturated heterocycles. The number of hydrogen-bond donors (Lipinski definition) is 0. The van der Waals surface area contributed by atoms with E-state index in [0.29, 0.717) is 29.2 Å². The fourth-order valence-corrected chi connectivity index (χ4v) is 21.1. The van der Waals surface area contributed by atoms with E-state index in [-0.39, 0.29) is 99.6 Å². The van der Waals surface area contributed by atoms with E-state index in [4.69, 9.17) is 57.4 Å². The first-order valence-corrected chi connectivity index (χ1v) is 47.8. The maximum absolute atomic E-state index is 6.82. The molecule has 13 heterocycles. The number of aromatic nitrogens is 7. The number of fused-ring (bicyclic) bond motifs is 18. The second-order valence-corrected chi connectivity index (χ2v) is 40.1. The Morgan fingerprint density at radius 2 is 0.776 bits per heavy atom. The van der Waals surface area contributed by atoms with Crippen LogP contribution in [0.1, 0.15) is 79.0 Å². The molecule has 0 fully saturated rings. The van der Waals surface area contributed by atoms with Crippen LogP contribution in [0.25, 0.3) is 105 Å². The zero-order valence-corrected chi connectivity index (χ0v) is 86.4. The van der Waals surface area contributed by atoms with Gasteiger partial charge in [-0.1, -0.05) is 200 Å². The van der Waals surface area contributed by atoms with E-state index < -0.39 is 0 Å². The molecule has 28 rings (SSSR count). The predicted molar refractivity (Wildman–Crippen MR) is 562 cm³/mol. The first-order chi connectivity index (χ1) is 68.2. The van der Waals surface area contributed by atoms with Crippen molar-refractivity contribution in [1.82, 2.24) is 34.5 Å². The normalized spacial score (nSPS) is 12.9. The van der Waals surface area contributed by atoms with Crippen molar-refractivity contribution in [3.8, 4) is 108 Å². The Kier molecular flexibility index (Phi) is 23.2. The van der Waals surface area contributed by atoms with E-state index in [0.717, 1.165) is 206 Å². The SMILES string of the molecule is CC(C)(C)c1cc2c3c(c1)N(c1ccccc1)c1ccc(-c4nc5ccccc5s4)[c-]c1B3c1[c-]c(-c3ccccn3)ccc1N2c1ccccc1.CC(C)(C)c1cc2c3c(c1)Oc1cc4c5ccccc5n(-c5ccccn5)c4[c-]c1B3c1[c-]c(-c3nc4ccccc4o3)ccc1O2.CC(C)(C)c1cc2c3c(c1)Oc1ccc(-c4nc5ccccc5o4)[c-]c1B3c1[c-]c(Oc3ccccn3)ccc1O2.[Pt+2].[Pt+2].[Pt+2]. The van der Waals surface area contributed by atoms with Crippen LogP contribution in [0.2, 0.25) is 0 Å². The van der Waals surface area contributed by atoms with Crippen molar-refractivity contribution in [2.24, 2.45) is 0 Å². The van der Waals surface area contributed by atoms with E-state index >= 15 is 0 Å². The molecule has 23 heteroatoms. The number of nitrogens with zero attached hydrogens (tertiary/aromatic N) is 9. The number of rotatable bonds is 9. The summed E-state index contributed by atoms with van der Waals surface area (Å²) in [5.74, 6) is 8.95. The van der Waals surface area contributed by atoms with Crippen LogP contribution in [0.5, 0.6) is 57.6 Å². The molecule has 143 heavy (non-hydrogen) atoms. The van der Waals surface area contributed by atoms with Gasteiger partial charge < -0.3 is 51.9 Å². The van der Waals surface area contributed by atoms with Gasteiger partial charge in [-0.15, -0.1) is 141 Å². The van der Waals surface area contributed by atoms with Gasteiger partial charge in [0.25, 0.3) is 0 Å². The van der Waals surface area contributed by atoms with E-state index in [2.05, 4.69) is 300 Å². The summed E-state index contributed by atoms with van der Waals surface area (Å²) in [6, 6.07) is 130. The Hall–Kier alpha value is -14.8. The van der Waals surface area contributed by atoms with Gasteiger partial charge in [0, 0.05) is 102 Å². The standard InChI is InChI=1S/C46H33BN4S.C40H26BN3O3.C34H23BN2O4.3Pt/c1-46(2,3)32-28-41-44-42(29-32)51(34-16-8-5-9-17-34)40-24-22-31(45-49-38-19-10-11-20-43(38)52-45)27-36(40)47(44)35-26-30(37-18-12-13-25-48-37)21-23-39(35)50(41)33-14-6-4-7-15-33;1-40(2,3)24-19-35-38-36(20-24)46-34-21-26-25-10-4-6-12-30(25)44(37-14-8-9-17-42-37)31(26)22-28(34)41(38)27-18-23(15-16-32(27)45-35)39-43-29-11-5-7-13-33(29)47-39;1-34(2,3)21-17-29-32-30(18-21)40-27-14-12-22(38-31-10-6-7-15-36-31)19-24(27)35(32)23-16-20(11-13-26(23)39-29)33-37-25-8-4-5-9-28(25)41-33;;;/h4-25,28-29H,1-3H3;4-17,19-21H,1-3H3;4-15,17-18H,1-3H3;;;/q3*-2;3*+2. The van der Waals surface area contributed by atoms with Crippen LogP contribution in [0.15, 0.2) is 343 Å². The van der Waals surface area contributed by atoms with Crippen molar-refractivity contribution in [2.45, 2.75) is 78.6 Å². The minimum absolute atomic E-state index is 0. The third-order valence-electron chi connectivity index (χ3n) is 27.1. The Morgan fingerprint density at radius 3 is 1.31 bits per heavy atom. The fraction of sp³-hybridized carbons (Fsp3) is 0.100. The average Bonchev–Trinajstić information content (AvgIpc) is 1.13. The molecule has 22 aromatic rings. The number of pyridine rings is 3. The molecule has 15 aromatic carbocycles. The van der Waals surface area contributed by atoms with Crippen molar-refractivity contribution in [3.05, 3.63) is 387 Å². The third-order valence-corrected chi connectivity index (χ3v) is 28.1. The second-order valence-electron chi connectivity index (χ2n) is 39.0. The van der Waals surface area contributed by atoms with Crippen LogP contribution in [0.4, 0.5) is 34.1 Å². The second kappa shape index (κ2) is 36.0. The van der Waals surface area contributed by atoms with Crippen molar-refractivity contribution < 1.29 is 95.7 Å². The third kappa shape index (κ3) is 16.1. The molecule has 6 aliphatic heterocycles. The Bertz CT molecular complexity index is 8680. The summed E-state index contributed by atoms with van der Waals surface area (Å²) in [7, 11) is 0.